The SMILES string of the molecule is Cc1ccc(-c2nc(CN3CCNCC3c3cccnc3)cs2)cc1. The maximum Gasteiger partial charge on any atom is 0.123 e. The van der Waals surface area contributed by atoms with E-state index in [4.69, 9.17) is 4.98 Å². The van der Waals surface area contributed by atoms with Crippen LogP contribution in [0.5, 0.6) is 0 Å². The molecule has 4 nitrogen and oxygen atoms in total. The fourth-order valence-electron chi connectivity index (χ4n) is 3.25. The van der Waals surface area contributed by atoms with Crippen LogP contribution >= 0.6 is 11.3 Å². The average molecular weight is 350 g/mol. The van der Waals surface area contributed by atoms with Gasteiger partial charge in [0.15, 0.2) is 0 Å². The van der Waals surface area contributed by atoms with Crippen molar-refractivity contribution in [1.82, 2.24) is 20.2 Å². The minimum atomic E-state index is 0.354. The third-order valence-electron chi connectivity index (χ3n) is 4.64. The summed E-state index contributed by atoms with van der Waals surface area (Å²) in [6.45, 7) is 5.99. The van der Waals surface area contributed by atoms with Gasteiger partial charge in [0.1, 0.15) is 5.01 Å². The summed E-state index contributed by atoms with van der Waals surface area (Å²) in [5.41, 5.74) is 4.90. The number of pyridine rings is 1. The van der Waals surface area contributed by atoms with Crippen molar-refractivity contribution in [2.24, 2.45) is 0 Å². The molecule has 3 aromatic rings. The Balaban J connectivity index is 1.51. The van der Waals surface area contributed by atoms with Crippen LogP contribution in [0.4, 0.5) is 0 Å². The van der Waals surface area contributed by atoms with Crippen LogP contribution in [-0.2, 0) is 6.54 Å². The van der Waals surface area contributed by atoms with Crippen molar-refractivity contribution in [1.29, 1.82) is 0 Å². The number of nitrogens with zero attached hydrogens (tertiary/aromatic N) is 3. The number of piperazine rings is 1. The second-order valence-electron chi connectivity index (χ2n) is 6.49. The zero-order valence-electron chi connectivity index (χ0n) is 14.4. The summed E-state index contributed by atoms with van der Waals surface area (Å²) in [6, 6.07) is 13.1. The molecule has 1 fully saturated rings. The van der Waals surface area contributed by atoms with Crippen molar-refractivity contribution < 1.29 is 0 Å². The molecule has 0 radical (unpaired) electrons. The molecular weight excluding hydrogens is 328 g/mol. The molecule has 5 heteroatoms. The Morgan fingerprint density at radius 1 is 1.24 bits per heavy atom. The van der Waals surface area contributed by atoms with Crippen LogP contribution in [-0.4, -0.2) is 34.5 Å². The lowest BCUT2D eigenvalue weighted by atomic mass is 10.1. The molecule has 128 valence electrons. The number of aryl methyl sites for hydroxylation is 1. The molecule has 0 spiro atoms. The van der Waals surface area contributed by atoms with Crippen LogP contribution < -0.4 is 5.32 Å². The van der Waals surface area contributed by atoms with E-state index in [-0.39, 0.29) is 0 Å². The largest absolute Gasteiger partial charge is 0.314 e. The number of benzene rings is 1. The van der Waals surface area contributed by atoms with Crippen LogP contribution in [0.2, 0.25) is 0 Å². The van der Waals surface area contributed by atoms with Gasteiger partial charge in [0.2, 0.25) is 0 Å². The third-order valence-corrected chi connectivity index (χ3v) is 5.58. The molecule has 0 aliphatic carbocycles. The number of aromatic nitrogens is 2. The first-order chi connectivity index (χ1) is 12.3. The number of nitrogens with one attached hydrogen (secondary N) is 1. The van der Waals surface area contributed by atoms with Crippen LogP contribution in [0.3, 0.4) is 0 Å². The third kappa shape index (κ3) is 3.79. The quantitative estimate of drug-likeness (QED) is 0.780. The van der Waals surface area contributed by atoms with Gasteiger partial charge in [-0.25, -0.2) is 4.98 Å². The van der Waals surface area contributed by atoms with Crippen molar-refractivity contribution in [3.63, 3.8) is 0 Å². The topological polar surface area (TPSA) is 41.1 Å². The average Bonchev–Trinajstić information content (AvgIpc) is 3.12. The summed E-state index contributed by atoms with van der Waals surface area (Å²) in [4.78, 5) is 11.7. The molecule has 1 aromatic carbocycles. The molecular formula is C20H22N4S. The Morgan fingerprint density at radius 3 is 2.92 bits per heavy atom. The molecule has 1 atom stereocenters. The lowest BCUT2D eigenvalue weighted by Gasteiger charge is -2.35. The van der Waals surface area contributed by atoms with Gasteiger partial charge in [-0.3, -0.25) is 9.88 Å². The van der Waals surface area contributed by atoms with E-state index in [2.05, 4.69) is 57.8 Å². The molecule has 2 aromatic heterocycles. The maximum absolute atomic E-state index is 4.87. The summed E-state index contributed by atoms with van der Waals surface area (Å²) in [6.07, 6.45) is 3.81. The Kier molecular flexibility index (Phi) is 4.88. The van der Waals surface area contributed by atoms with E-state index < -0.39 is 0 Å². The first-order valence-corrected chi connectivity index (χ1v) is 9.54. The fraction of sp³-hybridized carbons (Fsp3) is 0.300. The van der Waals surface area contributed by atoms with E-state index in [1.807, 2.05) is 18.5 Å². The van der Waals surface area contributed by atoms with Crippen molar-refractivity contribution in [2.45, 2.75) is 19.5 Å². The van der Waals surface area contributed by atoms with Crippen LogP contribution in [0.1, 0.15) is 22.9 Å². The highest BCUT2D eigenvalue weighted by Gasteiger charge is 2.24. The number of hydrogen-bond donors (Lipinski definition) is 1. The Hall–Kier alpha value is -2.08. The highest BCUT2D eigenvalue weighted by molar-refractivity contribution is 7.13. The smallest absolute Gasteiger partial charge is 0.123 e. The predicted octanol–water partition coefficient (Wildman–Crippen LogP) is 3.66. The second-order valence-corrected chi connectivity index (χ2v) is 7.34. The molecule has 1 N–H and O–H groups in total. The Bertz CT molecular complexity index is 813. The molecule has 1 aliphatic heterocycles. The van der Waals surface area contributed by atoms with Gasteiger partial charge in [-0.05, 0) is 18.6 Å². The summed E-state index contributed by atoms with van der Waals surface area (Å²) < 4.78 is 0. The fourth-order valence-corrected chi connectivity index (χ4v) is 4.07. The predicted molar refractivity (Wildman–Crippen MR) is 103 cm³/mol. The van der Waals surface area contributed by atoms with E-state index in [0.29, 0.717) is 6.04 Å². The van der Waals surface area contributed by atoms with E-state index in [1.165, 1.54) is 16.7 Å². The summed E-state index contributed by atoms with van der Waals surface area (Å²) in [5.74, 6) is 0. The first-order valence-electron chi connectivity index (χ1n) is 8.66. The standard InChI is InChI=1S/C20H22N4S/c1-15-4-6-16(7-5-15)20-23-18(14-25-20)13-24-10-9-22-12-19(24)17-3-2-8-21-11-17/h2-8,11,14,19,22H,9-10,12-13H2,1H3. The minimum Gasteiger partial charge on any atom is -0.314 e. The highest BCUT2D eigenvalue weighted by atomic mass is 32.1. The van der Waals surface area contributed by atoms with Gasteiger partial charge in [-0.1, -0.05) is 35.9 Å². The van der Waals surface area contributed by atoms with Crippen molar-refractivity contribution >= 4 is 11.3 Å². The van der Waals surface area contributed by atoms with E-state index in [1.54, 1.807) is 11.3 Å². The molecule has 3 heterocycles. The zero-order valence-corrected chi connectivity index (χ0v) is 15.2. The first kappa shape index (κ1) is 16.4. The number of hydrogen-bond acceptors (Lipinski definition) is 5. The zero-order chi connectivity index (χ0) is 17.1. The molecule has 0 bridgehead atoms. The number of rotatable bonds is 4. The summed E-state index contributed by atoms with van der Waals surface area (Å²) in [5, 5.41) is 6.79. The van der Waals surface area contributed by atoms with Crippen LogP contribution in [0.15, 0.2) is 54.2 Å². The molecule has 4 rings (SSSR count). The Labute approximate surface area is 152 Å². The molecule has 1 unspecified atom stereocenters. The van der Waals surface area contributed by atoms with E-state index >= 15 is 0 Å². The van der Waals surface area contributed by atoms with Gasteiger partial charge in [0.25, 0.3) is 0 Å². The van der Waals surface area contributed by atoms with Gasteiger partial charge in [-0.2, -0.15) is 0 Å². The summed E-state index contributed by atoms with van der Waals surface area (Å²) in [7, 11) is 0. The Morgan fingerprint density at radius 2 is 2.12 bits per heavy atom. The van der Waals surface area contributed by atoms with Crippen LogP contribution in [0, 0.1) is 6.92 Å². The monoisotopic (exact) mass is 350 g/mol. The molecule has 25 heavy (non-hydrogen) atoms. The normalized spacial score (nSPS) is 18.4. The van der Waals surface area contributed by atoms with E-state index in [0.717, 1.165) is 36.9 Å². The van der Waals surface area contributed by atoms with Gasteiger partial charge in [-0.15, -0.1) is 11.3 Å². The van der Waals surface area contributed by atoms with Crippen LogP contribution in [0.25, 0.3) is 10.6 Å². The highest BCUT2D eigenvalue weighted by Crippen LogP contribution is 2.27. The second kappa shape index (κ2) is 7.44. The van der Waals surface area contributed by atoms with Crippen molar-refractivity contribution in [2.75, 3.05) is 19.6 Å². The molecule has 0 amide bonds. The lowest BCUT2D eigenvalue weighted by Crippen LogP contribution is -2.45. The molecule has 1 saturated heterocycles. The minimum absolute atomic E-state index is 0.354. The number of thiazole rings is 1. The van der Waals surface area contributed by atoms with Gasteiger partial charge in [0.05, 0.1) is 5.69 Å². The molecule has 1 aliphatic rings. The van der Waals surface area contributed by atoms with E-state index in [9.17, 15) is 0 Å². The van der Waals surface area contributed by atoms with Gasteiger partial charge < -0.3 is 5.32 Å². The lowest BCUT2D eigenvalue weighted by molar-refractivity contribution is 0.152. The maximum atomic E-state index is 4.87. The van der Waals surface area contributed by atoms with Gasteiger partial charge >= 0.3 is 0 Å². The van der Waals surface area contributed by atoms with Crippen molar-refractivity contribution in [3.05, 3.63) is 71.0 Å². The van der Waals surface area contributed by atoms with Gasteiger partial charge in [0, 0.05) is 55.6 Å². The molecule has 0 saturated carbocycles. The van der Waals surface area contributed by atoms with Crippen molar-refractivity contribution in [3.8, 4) is 10.6 Å². The summed E-state index contributed by atoms with van der Waals surface area (Å²) >= 11 is 1.73.